The summed E-state index contributed by atoms with van der Waals surface area (Å²) in [5.41, 5.74) is 2.09. The standard InChI is InChI=1S/C21H26N2O4/c1-15(24)23-10-8-16-5-2-3-7-18(16)19(23)13-20(25)22-9-4-6-17(14-22)21-26-11-12-27-21/h2-3,5,7-8,10,17,19,21H,4,6,9,11-14H2,1H3/t17-,19+/m0/s1. The quantitative estimate of drug-likeness (QED) is 0.821. The minimum atomic E-state index is -0.254. The molecule has 144 valence electrons. The van der Waals surface area contributed by atoms with Crippen molar-refractivity contribution in [3.8, 4) is 0 Å². The van der Waals surface area contributed by atoms with E-state index in [-0.39, 0.29) is 30.1 Å². The lowest BCUT2D eigenvalue weighted by atomic mass is 9.92. The topological polar surface area (TPSA) is 59.1 Å². The average molecular weight is 370 g/mol. The third-order valence-corrected chi connectivity index (χ3v) is 5.68. The average Bonchev–Trinajstić information content (AvgIpc) is 3.23. The predicted octanol–water partition coefficient (Wildman–Crippen LogP) is 2.56. The number of hydrogen-bond donors (Lipinski definition) is 0. The highest BCUT2D eigenvalue weighted by Crippen LogP contribution is 2.34. The summed E-state index contributed by atoms with van der Waals surface area (Å²) in [6.45, 7) is 4.23. The van der Waals surface area contributed by atoms with Gasteiger partial charge in [0.2, 0.25) is 11.8 Å². The Labute approximate surface area is 159 Å². The van der Waals surface area contributed by atoms with Crippen LogP contribution < -0.4 is 0 Å². The molecule has 4 rings (SSSR count). The molecule has 1 aromatic rings. The molecule has 0 bridgehead atoms. The molecule has 0 aromatic heterocycles. The summed E-state index contributed by atoms with van der Waals surface area (Å²) >= 11 is 0. The molecule has 27 heavy (non-hydrogen) atoms. The van der Waals surface area contributed by atoms with E-state index in [9.17, 15) is 9.59 Å². The smallest absolute Gasteiger partial charge is 0.225 e. The molecule has 0 saturated carbocycles. The molecule has 3 heterocycles. The number of nitrogens with zero attached hydrogens (tertiary/aromatic N) is 2. The van der Waals surface area contributed by atoms with E-state index >= 15 is 0 Å². The van der Waals surface area contributed by atoms with Gasteiger partial charge in [-0.05, 0) is 30.0 Å². The van der Waals surface area contributed by atoms with Crippen LogP contribution in [0.15, 0.2) is 30.5 Å². The van der Waals surface area contributed by atoms with Gasteiger partial charge in [-0.1, -0.05) is 24.3 Å². The summed E-state index contributed by atoms with van der Waals surface area (Å²) in [6, 6.07) is 7.70. The number of hydrogen-bond acceptors (Lipinski definition) is 4. The van der Waals surface area contributed by atoms with Crippen molar-refractivity contribution in [2.45, 2.75) is 38.5 Å². The van der Waals surface area contributed by atoms with E-state index in [4.69, 9.17) is 9.47 Å². The first-order valence-electron chi connectivity index (χ1n) is 9.70. The van der Waals surface area contributed by atoms with E-state index in [1.165, 1.54) is 0 Å². The van der Waals surface area contributed by atoms with Gasteiger partial charge in [-0.25, -0.2) is 0 Å². The first-order chi connectivity index (χ1) is 13.1. The van der Waals surface area contributed by atoms with Crippen LogP contribution in [0.1, 0.15) is 43.4 Å². The van der Waals surface area contributed by atoms with Crippen LogP contribution in [0, 0.1) is 5.92 Å². The zero-order chi connectivity index (χ0) is 18.8. The van der Waals surface area contributed by atoms with Gasteiger partial charge in [0.15, 0.2) is 6.29 Å². The Morgan fingerprint density at radius 3 is 2.74 bits per heavy atom. The van der Waals surface area contributed by atoms with Crippen LogP contribution >= 0.6 is 0 Å². The molecule has 2 saturated heterocycles. The number of ether oxygens (including phenoxy) is 2. The molecule has 0 aliphatic carbocycles. The number of fused-ring (bicyclic) bond motifs is 1. The van der Waals surface area contributed by atoms with Gasteiger partial charge in [0.05, 0.1) is 25.7 Å². The van der Waals surface area contributed by atoms with Gasteiger partial charge in [-0.3, -0.25) is 9.59 Å². The number of likely N-dealkylation sites (tertiary alicyclic amines) is 1. The molecule has 6 nitrogen and oxygen atoms in total. The van der Waals surface area contributed by atoms with E-state index in [1.807, 2.05) is 35.2 Å². The molecule has 1 aromatic carbocycles. The summed E-state index contributed by atoms with van der Waals surface area (Å²) in [4.78, 5) is 28.8. The number of rotatable bonds is 3. The molecule has 0 unspecified atom stereocenters. The summed E-state index contributed by atoms with van der Waals surface area (Å²) < 4.78 is 11.3. The Hall–Kier alpha value is -2.18. The highest BCUT2D eigenvalue weighted by molar-refractivity contribution is 5.82. The number of carbonyl (C=O) groups is 2. The fourth-order valence-corrected chi connectivity index (χ4v) is 4.32. The first kappa shape index (κ1) is 18.2. The van der Waals surface area contributed by atoms with Gasteiger partial charge in [0.1, 0.15) is 0 Å². The minimum absolute atomic E-state index is 0.0529. The first-order valence-corrected chi connectivity index (χ1v) is 9.70. The lowest BCUT2D eigenvalue weighted by Crippen LogP contribution is -2.45. The number of piperidine rings is 1. The molecule has 2 fully saturated rings. The predicted molar refractivity (Wildman–Crippen MR) is 100 cm³/mol. The molecule has 0 spiro atoms. The van der Waals surface area contributed by atoms with Crippen molar-refractivity contribution in [2.24, 2.45) is 5.92 Å². The van der Waals surface area contributed by atoms with Crippen molar-refractivity contribution >= 4 is 17.9 Å². The van der Waals surface area contributed by atoms with Crippen molar-refractivity contribution in [3.05, 3.63) is 41.6 Å². The molecule has 3 aliphatic rings. The molecule has 6 heteroatoms. The fourth-order valence-electron chi connectivity index (χ4n) is 4.32. The second-order valence-electron chi connectivity index (χ2n) is 7.44. The molecular formula is C21H26N2O4. The van der Waals surface area contributed by atoms with E-state index in [2.05, 4.69) is 0 Å². The highest BCUT2D eigenvalue weighted by atomic mass is 16.7. The fraction of sp³-hybridized carbons (Fsp3) is 0.524. The zero-order valence-corrected chi connectivity index (χ0v) is 15.7. The largest absolute Gasteiger partial charge is 0.350 e. The van der Waals surface area contributed by atoms with Gasteiger partial charge < -0.3 is 19.3 Å². The second-order valence-corrected chi connectivity index (χ2v) is 7.44. The Balaban J connectivity index is 1.48. The summed E-state index contributed by atoms with van der Waals surface area (Å²) in [7, 11) is 0. The lowest BCUT2D eigenvalue weighted by molar-refractivity contribution is -0.141. The van der Waals surface area contributed by atoms with E-state index < -0.39 is 0 Å². The number of benzene rings is 1. The Morgan fingerprint density at radius 2 is 1.96 bits per heavy atom. The van der Waals surface area contributed by atoms with Crippen LogP contribution in [0.3, 0.4) is 0 Å². The van der Waals surface area contributed by atoms with Crippen LogP contribution in [0.25, 0.3) is 6.08 Å². The third kappa shape index (κ3) is 3.77. The number of amides is 2. The summed E-state index contributed by atoms with van der Waals surface area (Å²) in [6.07, 6.45) is 5.80. The van der Waals surface area contributed by atoms with E-state index in [0.29, 0.717) is 26.2 Å². The van der Waals surface area contributed by atoms with Gasteiger partial charge in [-0.2, -0.15) is 0 Å². The minimum Gasteiger partial charge on any atom is -0.350 e. The van der Waals surface area contributed by atoms with Crippen LogP contribution in [-0.4, -0.2) is 54.2 Å². The maximum Gasteiger partial charge on any atom is 0.225 e. The monoisotopic (exact) mass is 370 g/mol. The second kappa shape index (κ2) is 7.82. The van der Waals surface area contributed by atoms with Gasteiger partial charge in [0.25, 0.3) is 0 Å². The van der Waals surface area contributed by atoms with Crippen LogP contribution in [0.2, 0.25) is 0 Å². The van der Waals surface area contributed by atoms with Gasteiger partial charge in [-0.15, -0.1) is 0 Å². The van der Waals surface area contributed by atoms with Crippen LogP contribution in [0.5, 0.6) is 0 Å². The van der Waals surface area contributed by atoms with Crippen molar-refractivity contribution in [1.82, 2.24) is 9.80 Å². The van der Waals surface area contributed by atoms with Gasteiger partial charge in [0, 0.05) is 32.1 Å². The van der Waals surface area contributed by atoms with E-state index in [1.54, 1.807) is 18.0 Å². The SMILES string of the molecule is CC(=O)N1C=Cc2ccccc2[C@H]1CC(=O)N1CCC[C@H](C2OCCO2)C1. The molecule has 2 amide bonds. The van der Waals surface area contributed by atoms with Gasteiger partial charge >= 0.3 is 0 Å². The van der Waals surface area contributed by atoms with Crippen LogP contribution in [-0.2, 0) is 19.1 Å². The lowest BCUT2D eigenvalue weighted by Gasteiger charge is -2.37. The third-order valence-electron chi connectivity index (χ3n) is 5.68. The normalized spacial score (nSPS) is 25.5. The van der Waals surface area contributed by atoms with Crippen LogP contribution in [0.4, 0.5) is 0 Å². The molecule has 0 N–H and O–H groups in total. The van der Waals surface area contributed by atoms with Crippen molar-refractivity contribution in [3.63, 3.8) is 0 Å². The molecule has 2 atom stereocenters. The maximum absolute atomic E-state index is 13.1. The Kier molecular flexibility index (Phi) is 5.27. The van der Waals surface area contributed by atoms with Crippen molar-refractivity contribution in [1.29, 1.82) is 0 Å². The highest BCUT2D eigenvalue weighted by Gasteiger charge is 2.35. The molecule has 0 radical (unpaired) electrons. The Bertz CT molecular complexity index is 741. The zero-order valence-electron chi connectivity index (χ0n) is 15.7. The van der Waals surface area contributed by atoms with Crippen molar-refractivity contribution in [2.75, 3.05) is 26.3 Å². The Morgan fingerprint density at radius 1 is 1.19 bits per heavy atom. The van der Waals surface area contributed by atoms with Crippen molar-refractivity contribution < 1.29 is 19.1 Å². The summed E-state index contributed by atoms with van der Waals surface area (Å²) in [5.74, 6) is 0.259. The molecule has 3 aliphatic heterocycles. The number of carbonyl (C=O) groups excluding carboxylic acids is 2. The maximum atomic E-state index is 13.1. The summed E-state index contributed by atoms with van der Waals surface area (Å²) in [5, 5.41) is 0. The van der Waals surface area contributed by atoms with E-state index in [0.717, 1.165) is 30.5 Å². The molecular weight excluding hydrogens is 344 g/mol.